The minimum absolute atomic E-state index is 0.0249. The van der Waals surface area contributed by atoms with Gasteiger partial charge in [0.2, 0.25) is 6.79 Å². The molecule has 0 spiro atoms. The van der Waals surface area contributed by atoms with Crippen LogP contribution in [0.5, 0.6) is 17.2 Å². The molecule has 1 saturated carbocycles. The number of hydrogen-bond donors (Lipinski definition) is 1. The number of fused-ring (bicyclic) bond motifs is 2. The van der Waals surface area contributed by atoms with Crippen LogP contribution in [0.1, 0.15) is 62.5 Å². The monoisotopic (exact) mass is 503 g/mol. The maximum Gasteiger partial charge on any atom is 0.306 e. The molecule has 194 valence electrons. The molecule has 1 fully saturated rings. The van der Waals surface area contributed by atoms with E-state index in [1.54, 1.807) is 0 Å². The van der Waals surface area contributed by atoms with Gasteiger partial charge in [-0.3, -0.25) is 9.59 Å². The lowest BCUT2D eigenvalue weighted by Gasteiger charge is -2.34. The number of esters is 1. The zero-order valence-electron chi connectivity index (χ0n) is 21.4. The van der Waals surface area contributed by atoms with E-state index in [2.05, 4.69) is 18.3 Å². The van der Waals surface area contributed by atoms with Gasteiger partial charge in [0.15, 0.2) is 18.1 Å². The summed E-state index contributed by atoms with van der Waals surface area (Å²) in [5.41, 5.74) is 1.77. The van der Waals surface area contributed by atoms with Crippen molar-refractivity contribution in [2.24, 2.45) is 0 Å². The SMILES string of the molecule is COC(=O)CC(c1ccc2c(c1)OCO2)c1ccc2ccc(OCC(=O)NC3(C)CCCCC3)cc2c1. The summed E-state index contributed by atoms with van der Waals surface area (Å²) >= 11 is 0. The van der Waals surface area contributed by atoms with Crippen LogP contribution in [0, 0.1) is 0 Å². The average Bonchev–Trinajstić information content (AvgIpc) is 3.38. The number of hydrogen-bond acceptors (Lipinski definition) is 6. The molecule has 1 aliphatic heterocycles. The first-order chi connectivity index (χ1) is 17.9. The summed E-state index contributed by atoms with van der Waals surface area (Å²) in [4.78, 5) is 24.9. The molecule has 2 aliphatic rings. The molecular weight excluding hydrogens is 470 g/mol. The third-order valence-electron chi connectivity index (χ3n) is 7.40. The Morgan fingerprint density at radius 3 is 2.46 bits per heavy atom. The van der Waals surface area contributed by atoms with Gasteiger partial charge in [0.1, 0.15) is 5.75 Å². The second-order valence-corrected chi connectivity index (χ2v) is 10.2. The van der Waals surface area contributed by atoms with Crippen molar-refractivity contribution in [3.63, 3.8) is 0 Å². The number of methoxy groups -OCH3 is 1. The van der Waals surface area contributed by atoms with E-state index in [-0.39, 0.29) is 43.2 Å². The summed E-state index contributed by atoms with van der Waals surface area (Å²) in [7, 11) is 1.40. The number of amides is 1. The Morgan fingerprint density at radius 1 is 0.919 bits per heavy atom. The Labute approximate surface area is 217 Å². The highest BCUT2D eigenvalue weighted by Gasteiger charge is 2.28. The van der Waals surface area contributed by atoms with Crippen LogP contribution in [0.25, 0.3) is 10.8 Å². The van der Waals surface area contributed by atoms with Crippen molar-refractivity contribution in [1.82, 2.24) is 5.32 Å². The van der Waals surface area contributed by atoms with Gasteiger partial charge in [-0.15, -0.1) is 0 Å². The zero-order valence-corrected chi connectivity index (χ0v) is 21.4. The van der Waals surface area contributed by atoms with Gasteiger partial charge in [-0.1, -0.05) is 49.6 Å². The summed E-state index contributed by atoms with van der Waals surface area (Å²) < 4.78 is 21.8. The molecule has 1 amide bonds. The van der Waals surface area contributed by atoms with Crippen molar-refractivity contribution in [2.75, 3.05) is 20.5 Å². The fourth-order valence-electron chi connectivity index (χ4n) is 5.34. The minimum Gasteiger partial charge on any atom is -0.484 e. The number of ether oxygens (including phenoxy) is 4. The fourth-order valence-corrected chi connectivity index (χ4v) is 5.34. The lowest BCUT2D eigenvalue weighted by Crippen LogP contribution is -2.48. The van der Waals surface area contributed by atoms with Gasteiger partial charge in [-0.2, -0.15) is 0 Å². The molecule has 7 heteroatoms. The highest BCUT2D eigenvalue weighted by molar-refractivity contribution is 5.85. The molecule has 1 unspecified atom stereocenters. The molecule has 0 saturated heterocycles. The molecule has 37 heavy (non-hydrogen) atoms. The van der Waals surface area contributed by atoms with Crippen molar-refractivity contribution in [3.8, 4) is 17.2 Å². The predicted octanol–water partition coefficient (Wildman–Crippen LogP) is 5.48. The first-order valence-electron chi connectivity index (χ1n) is 12.9. The van der Waals surface area contributed by atoms with Crippen LogP contribution in [0.15, 0.2) is 54.6 Å². The van der Waals surface area contributed by atoms with Gasteiger partial charge < -0.3 is 24.3 Å². The summed E-state index contributed by atoms with van der Waals surface area (Å²) in [6.45, 7) is 2.28. The normalized spacial score (nSPS) is 16.7. The first kappa shape index (κ1) is 24.9. The maximum absolute atomic E-state index is 12.6. The molecule has 5 rings (SSSR count). The van der Waals surface area contributed by atoms with E-state index in [4.69, 9.17) is 18.9 Å². The van der Waals surface area contributed by atoms with Crippen molar-refractivity contribution < 1.29 is 28.5 Å². The van der Waals surface area contributed by atoms with E-state index in [1.165, 1.54) is 13.5 Å². The number of nitrogens with one attached hydrogen (secondary N) is 1. The maximum atomic E-state index is 12.6. The Balaban J connectivity index is 1.35. The molecular formula is C30H33NO6. The molecule has 0 aromatic heterocycles. The zero-order chi connectivity index (χ0) is 25.8. The Kier molecular flexibility index (Phi) is 7.22. The van der Waals surface area contributed by atoms with Crippen molar-refractivity contribution in [1.29, 1.82) is 0 Å². The molecule has 1 heterocycles. The van der Waals surface area contributed by atoms with E-state index in [0.29, 0.717) is 17.2 Å². The topological polar surface area (TPSA) is 83.1 Å². The van der Waals surface area contributed by atoms with Crippen LogP contribution >= 0.6 is 0 Å². The molecule has 1 aliphatic carbocycles. The van der Waals surface area contributed by atoms with E-state index in [0.717, 1.165) is 47.6 Å². The van der Waals surface area contributed by atoms with Crippen molar-refractivity contribution >= 4 is 22.6 Å². The van der Waals surface area contributed by atoms with Gasteiger partial charge in [0.25, 0.3) is 5.91 Å². The van der Waals surface area contributed by atoms with Crippen molar-refractivity contribution in [2.45, 2.75) is 56.9 Å². The standard InChI is InChI=1S/C30H33NO6/c1-30(12-4-3-5-13-30)31-28(32)18-35-24-10-8-20-6-7-21(14-23(20)15-24)25(17-29(33)34-2)22-9-11-26-27(16-22)37-19-36-26/h6-11,14-16,25H,3-5,12-13,17-19H2,1-2H3,(H,31,32). The largest absolute Gasteiger partial charge is 0.484 e. The Bertz CT molecular complexity index is 1300. The fraction of sp³-hybridized carbons (Fsp3) is 0.400. The highest BCUT2D eigenvalue weighted by atomic mass is 16.7. The van der Waals surface area contributed by atoms with Crippen LogP contribution in [0.2, 0.25) is 0 Å². The molecule has 1 N–H and O–H groups in total. The molecule has 3 aromatic rings. The molecule has 0 bridgehead atoms. The molecule has 1 atom stereocenters. The highest BCUT2D eigenvalue weighted by Crippen LogP contribution is 2.38. The first-order valence-corrected chi connectivity index (χ1v) is 12.9. The second-order valence-electron chi connectivity index (χ2n) is 10.2. The van der Waals surface area contributed by atoms with Crippen LogP contribution in [-0.2, 0) is 14.3 Å². The van der Waals surface area contributed by atoms with Gasteiger partial charge in [0.05, 0.1) is 13.5 Å². The number of carbonyl (C=O) groups is 2. The molecule has 3 aromatic carbocycles. The number of benzene rings is 3. The van der Waals surface area contributed by atoms with Crippen LogP contribution in [-0.4, -0.2) is 37.9 Å². The predicted molar refractivity (Wildman–Crippen MR) is 140 cm³/mol. The summed E-state index contributed by atoms with van der Waals surface area (Å²) in [6.07, 6.45) is 5.73. The lowest BCUT2D eigenvalue weighted by atomic mass is 9.83. The smallest absolute Gasteiger partial charge is 0.306 e. The minimum atomic E-state index is -0.294. The van der Waals surface area contributed by atoms with E-state index in [9.17, 15) is 9.59 Å². The lowest BCUT2D eigenvalue weighted by molar-refractivity contribution is -0.140. The van der Waals surface area contributed by atoms with Crippen LogP contribution in [0.4, 0.5) is 0 Å². The van der Waals surface area contributed by atoms with Gasteiger partial charge in [-0.25, -0.2) is 0 Å². The summed E-state index contributed by atoms with van der Waals surface area (Å²) in [6, 6.07) is 17.6. The van der Waals surface area contributed by atoms with Gasteiger partial charge in [0, 0.05) is 11.5 Å². The van der Waals surface area contributed by atoms with Gasteiger partial charge >= 0.3 is 5.97 Å². The third kappa shape index (κ3) is 5.82. The van der Waals surface area contributed by atoms with E-state index >= 15 is 0 Å². The summed E-state index contributed by atoms with van der Waals surface area (Å²) in [5.74, 6) is 1.38. The Hall–Kier alpha value is -3.74. The van der Waals surface area contributed by atoms with Crippen LogP contribution in [0.3, 0.4) is 0 Å². The Morgan fingerprint density at radius 2 is 1.65 bits per heavy atom. The molecule has 0 radical (unpaired) electrons. The van der Waals surface area contributed by atoms with E-state index in [1.807, 2.05) is 48.5 Å². The number of carbonyl (C=O) groups excluding carboxylic acids is 2. The number of rotatable bonds is 8. The quantitative estimate of drug-likeness (QED) is 0.410. The summed E-state index contributed by atoms with van der Waals surface area (Å²) in [5, 5.41) is 5.16. The second kappa shape index (κ2) is 10.7. The van der Waals surface area contributed by atoms with Crippen molar-refractivity contribution in [3.05, 3.63) is 65.7 Å². The third-order valence-corrected chi connectivity index (χ3v) is 7.40. The van der Waals surface area contributed by atoms with E-state index < -0.39 is 0 Å². The average molecular weight is 504 g/mol. The van der Waals surface area contributed by atoms with Crippen LogP contribution < -0.4 is 19.5 Å². The molecule has 7 nitrogen and oxygen atoms in total. The van der Waals surface area contributed by atoms with Gasteiger partial charge in [-0.05, 0) is 65.9 Å².